The minimum atomic E-state index is 0.267. The average Bonchev–Trinajstić information content (AvgIpc) is 2.24. The Kier molecular flexibility index (Phi) is 2.76. The van der Waals surface area contributed by atoms with Gasteiger partial charge in [0.1, 0.15) is 0 Å². The SMILES string of the molecule is CCCN1C(=O)CC(C)c2ccccc21. The number of benzene rings is 1. The lowest BCUT2D eigenvalue weighted by atomic mass is 9.91. The second kappa shape index (κ2) is 4.05. The molecule has 0 fully saturated rings. The highest BCUT2D eigenvalue weighted by Gasteiger charge is 2.27. The van der Waals surface area contributed by atoms with Crippen molar-refractivity contribution in [1.82, 2.24) is 0 Å². The van der Waals surface area contributed by atoms with Gasteiger partial charge in [-0.3, -0.25) is 4.79 Å². The van der Waals surface area contributed by atoms with Gasteiger partial charge in [-0.1, -0.05) is 32.0 Å². The standard InChI is InChI=1S/C13H17NO/c1-3-8-14-12-7-5-4-6-11(12)10(2)9-13(14)15/h4-7,10H,3,8-9H2,1-2H3. The van der Waals surface area contributed by atoms with Gasteiger partial charge in [0.2, 0.25) is 5.91 Å². The molecule has 2 heteroatoms. The molecule has 0 aliphatic carbocycles. The number of carbonyl (C=O) groups is 1. The van der Waals surface area contributed by atoms with E-state index in [4.69, 9.17) is 0 Å². The molecule has 1 aliphatic rings. The van der Waals surface area contributed by atoms with Gasteiger partial charge in [-0.05, 0) is 24.0 Å². The monoisotopic (exact) mass is 203 g/mol. The van der Waals surface area contributed by atoms with E-state index < -0.39 is 0 Å². The highest BCUT2D eigenvalue weighted by molar-refractivity contribution is 5.97. The predicted octanol–water partition coefficient (Wildman–Crippen LogP) is 2.94. The summed E-state index contributed by atoms with van der Waals surface area (Å²) < 4.78 is 0. The summed E-state index contributed by atoms with van der Waals surface area (Å²) in [4.78, 5) is 13.8. The lowest BCUT2D eigenvalue weighted by molar-refractivity contribution is -0.119. The maximum absolute atomic E-state index is 11.9. The topological polar surface area (TPSA) is 20.3 Å². The summed E-state index contributed by atoms with van der Waals surface area (Å²) in [7, 11) is 0. The number of carbonyl (C=O) groups excluding carboxylic acids is 1. The third-order valence-corrected chi connectivity index (χ3v) is 2.99. The number of para-hydroxylation sites is 1. The molecule has 0 spiro atoms. The van der Waals surface area contributed by atoms with Gasteiger partial charge in [-0.25, -0.2) is 0 Å². The van der Waals surface area contributed by atoms with Crippen LogP contribution in [0.4, 0.5) is 5.69 Å². The van der Waals surface area contributed by atoms with Crippen molar-refractivity contribution >= 4 is 11.6 Å². The Labute approximate surface area is 90.9 Å². The predicted molar refractivity (Wildman–Crippen MR) is 62.1 cm³/mol. The molecular weight excluding hydrogens is 186 g/mol. The summed E-state index contributed by atoms with van der Waals surface area (Å²) in [5.74, 6) is 0.629. The summed E-state index contributed by atoms with van der Waals surface area (Å²) in [5.41, 5.74) is 2.42. The van der Waals surface area contributed by atoms with Gasteiger partial charge in [-0.15, -0.1) is 0 Å². The number of rotatable bonds is 2. The molecule has 1 aliphatic heterocycles. The summed E-state index contributed by atoms with van der Waals surface area (Å²) in [6.07, 6.45) is 1.66. The molecule has 2 nitrogen and oxygen atoms in total. The third-order valence-electron chi connectivity index (χ3n) is 2.99. The van der Waals surface area contributed by atoms with E-state index in [9.17, 15) is 4.79 Å². The average molecular weight is 203 g/mol. The molecule has 1 heterocycles. The van der Waals surface area contributed by atoms with Crippen LogP contribution in [0.1, 0.15) is 38.2 Å². The van der Waals surface area contributed by atoms with Crippen molar-refractivity contribution in [2.24, 2.45) is 0 Å². The summed E-state index contributed by atoms with van der Waals surface area (Å²) >= 11 is 0. The molecule has 1 amide bonds. The van der Waals surface area contributed by atoms with Crippen LogP contribution in [0.25, 0.3) is 0 Å². The first-order valence-corrected chi connectivity index (χ1v) is 5.63. The van der Waals surface area contributed by atoms with Gasteiger partial charge in [0.05, 0.1) is 0 Å². The Bertz CT molecular complexity index is 373. The molecule has 0 radical (unpaired) electrons. The van der Waals surface area contributed by atoms with Gasteiger partial charge in [0.25, 0.3) is 0 Å². The molecule has 2 rings (SSSR count). The van der Waals surface area contributed by atoms with E-state index in [0.29, 0.717) is 12.3 Å². The molecule has 0 saturated carbocycles. The Morgan fingerprint density at radius 2 is 2.13 bits per heavy atom. The van der Waals surface area contributed by atoms with Crippen LogP contribution in [-0.2, 0) is 4.79 Å². The molecule has 0 N–H and O–H groups in total. The van der Waals surface area contributed by atoms with Gasteiger partial charge >= 0.3 is 0 Å². The fourth-order valence-corrected chi connectivity index (χ4v) is 2.24. The molecule has 0 aromatic heterocycles. The van der Waals surface area contributed by atoms with Gasteiger partial charge in [0, 0.05) is 18.7 Å². The summed E-state index contributed by atoms with van der Waals surface area (Å²) in [6.45, 7) is 5.07. The summed E-state index contributed by atoms with van der Waals surface area (Å²) in [6, 6.07) is 8.25. The van der Waals surface area contributed by atoms with Gasteiger partial charge in [0.15, 0.2) is 0 Å². The van der Waals surface area contributed by atoms with Crippen molar-refractivity contribution < 1.29 is 4.79 Å². The molecule has 1 atom stereocenters. The number of amides is 1. The maximum atomic E-state index is 11.9. The van der Waals surface area contributed by atoms with Crippen LogP contribution < -0.4 is 4.90 Å². The van der Waals surface area contributed by atoms with Crippen molar-refractivity contribution in [1.29, 1.82) is 0 Å². The van der Waals surface area contributed by atoms with Gasteiger partial charge < -0.3 is 4.90 Å². The van der Waals surface area contributed by atoms with E-state index in [0.717, 1.165) is 18.7 Å². The number of anilines is 1. The Morgan fingerprint density at radius 1 is 1.40 bits per heavy atom. The smallest absolute Gasteiger partial charge is 0.227 e. The normalized spacial score (nSPS) is 20.3. The second-order valence-corrected chi connectivity index (χ2v) is 4.21. The number of hydrogen-bond donors (Lipinski definition) is 0. The Balaban J connectivity index is 2.42. The van der Waals surface area contributed by atoms with Crippen LogP contribution in [0.2, 0.25) is 0 Å². The van der Waals surface area contributed by atoms with Crippen molar-refractivity contribution in [3.63, 3.8) is 0 Å². The quantitative estimate of drug-likeness (QED) is 0.723. The highest BCUT2D eigenvalue weighted by atomic mass is 16.2. The number of nitrogens with zero attached hydrogens (tertiary/aromatic N) is 1. The maximum Gasteiger partial charge on any atom is 0.227 e. The second-order valence-electron chi connectivity index (χ2n) is 4.21. The van der Waals surface area contributed by atoms with Crippen LogP contribution in [0.3, 0.4) is 0 Å². The fourth-order valence-electron chi connectivity index (χ4n) is 2.24. The molecule has 0 bridgehead atoms. The van der Waals surface area contributed by atoms with Crippen LogP contribution in [0, 0.1) is 0 Å². The lowest BCUT2D eigenvalue weighted by Gasteiger charge is -2.32. The highest BCUT2D eigenvalue weighted by Crippen LogP contribution is 2.35. The van der Waals surface area contributed by atoms with Crippen LogP contribution >= 0.6 is 0 Å². The van der Waals surface area contributed by atoms with Crippen molar-refractivity contribution in [2.45, 2.75) is 32.6 Å². The Hall–Kier alpha value is -1.31. The zero-order chi connectivity index (χ0) is 10.8. The fraction of sp³-hybridized carbons (Fsp3) is 0.462. The number of fused-ring (bicyclic) bond motifs is 1. The third kappa shape index (κ3) is 1.76. The van der Waals surface area contributed by atoms with Crippen molar-refractivity contribution in [3.05, 3.63) is 29.8 Å². The zero-order valence-electron chi connectivity index (χ0n) is 9.36. The lowest BCUT2D eigenvalue weighted by Crippen LogP contribution is -2.36. The first-order chi connectivity index (χ1) is 7.24. The van der Waals surface area contributed by atoms with Gasteiger partial charge in [-0.2, -0.15) is 0 Å². The molecule has 1 unspecified atom stereocenters. The summed E-state index contributed by atoms with van der Waals surface area (Å²) in [5, 5.41) is 0. The number of hydrogen-bond acceptors (Lipinski definition) is 1. The Morgan fingerprint density at radius 3 is 2.87 bits per heavy atom. The molecule has 1 aromatic rings. The molecule has 1 aromatic carbocycles. The molecule has 80 valence electrons. The van der Waals surface area contributed by atoms with Crippen molar-refractivity contribution in [2.75, 3.05) is 11.4 Å². The first-order valence-electron chi connectivity index (χ1n) is 5.63. The minimum Gasteiger partial charge on any atom is -0.312 e. The van der Waals surface area contributed by atoms with E-state index in [1.807, 2.05) is 11.0 Å². The van der Waals surface area contributed by atoms with Crippen LogP contribution in [0.15, 0.2) is 24.3 Å². The van der Waals surface area contributed by atoms with Crippen LogP contribution in [-0.4, -0.2) is 12.5 Å². The first kappa shape index (κ1) is 10.2. The van der Waals surface area contributed by atoms with Crippen molar-refractivity contribution in [3.8, 4) is 0 Å². The van der Waals surface area contributed by atoms with Crippen LogP contribution in [0.5, 0.6) is 0 Å². The molecule has 0 saturated heterocycles. The minimum absolute atomic E-state index is 0.267. The molecular formula is C13H17NO. The zero-order valence-corrected chi connectivity index (χ0v) is 9.36. The molecule has 15 heavy (non-hydrogen) atoms. The van der Waals surface area contributed by atoms with E-state index >= 15 is 0 Å². The largest absolute Gasteiger partial charge is 0.312 e. The van der Waals surface area contributed by atoms with E-state index in [1.54, 1.807) is 0 Å². The van der Waals surface area contributed by atoms with E-state index in [-0.39, 0.29) is 5.91 Å². The van der Waals surface area contributed by atoms with E-state index in [1.165, 1.54) is 5.56 Å². The van der Waals surface area contributed by atoms with E-state index in [2.05, 4.69) is 32.0 Å².